The average Bonchev–Trinajstić information content (AvgIpc) is 3.89. The van der Waals surface area contributed by atoms with Crippen LogP contribution in [-0.4, -0.2) is 37.2 Å². The van der Waals surface area contributed by atoms with Crippen LogP contribution in [0.25, 0.3) is 11.8 Å². The van der Waals surface area contributed by atoms with Crippen LogP contribution in [0.1, 0.15) is 126 Å². The van der Waals surface area contributed by atoms with Gasteiger partial charge < -0.3 is 19.0 Å². The van der Waals surface area contributed by atoms with Crippen LogP contribution in [0.15, 0.2) is 111 Å². The number of benzene rings is 1. The molecule has 9 unspecified atom stereocenters. The normalized spacial score (nSPS) is 33.1. The molecular weight excluding hydrogens is 785 g/mol. The summed E-state index contributed by atoms with van der Waals surface area (Å²) in [6.07, 6.45) is 46.4. The Morgan fingerprint density at radius 3 is 2.49 bits per heavy atom. The van der Waals surface area contributed by atoms with Crippen LogP contribution in [0.2, 0.25) is 19.6 Å². The van der Waals surface area contributed by atoms with Crippen LogP contribution >= 0.6 is 0 Å². The van der Waals surface area contributed by atoms with Crippen LogP contribution in [-0.2, 0) is 17.6 Å². The lowest BCUT2D eigenvalue weighted by Crippen LogP contribution is -2.52. The summed E-state index contributed by atoms with van der Waals surface area (Å²) in [5.41, 5.74) is 13.5. The van der Waals surface area contributed by atoms with E-state index < -0.39 is 8.07 Å². The minimum Gasteiger partial charge on any atom is -0.491 e. The first kappa shape index (κ1) is 40.5. The smallest absolute Gasteiger partial charge is 0.153 e. The van der Waals surface area contributed by atoms with Gasteiger partial charge in [-0.2, -0.15) is 0 Å². The fraction of sp³-hybridized carbons (Fsp3) is 0.552. The van der Waals surface area contributed by atoms with Gasteiger partial charge in [0.2, 0.25) is 0 Å². The molecule has 10 aliphatic rings. The number of hydrogen-bond donors (Lipinski definition) is 0. The summed E-state index contributed by atoms with van der Waals surface area (Å²) < 4.78 is 14.2. The Bertz CT molecular complexity index is 2500. The number of rotatable bonds is 7. The van der Waals surface area contributed by atoms with E-state index in [2.05, 4.69) is 115 Å². The summed E-state index contributed by atoms with van der Waals surface area (Å²) in [6, 6.07) is 10.6. The second-order valence-corrected chi connectivity index (χ2v) is 27.5. The van der Waals surface area contributed by atoms with Crippen molar-refractivity contribution >= 4 is 25.5 Å². The summed E-state index contributed by atoms with van der Waals surface area (Å²) in [4.78, 5) is 5.82. The SMILES string of the molecule is Cc1ccc(N(C2=C3CCC4CCC(N(C5=c6oc7c(c6=CCC5)CCCC7)C5C=CC([Si](C)(C)C)=CC5)CC4C3C3CCCCC3=C2)C2C=CCC3C4=C(CCC=C4)OC32)cc1. The van der Waals surface area contributed by atoms with Crippen LogP contribution in [0.4, 0.5) is 5.69 Å². The number of fused-ring (bicyclic) bond motifs is 10. The number of ether oxygens (including phenoxy) is 1. The number of anilines is 1. The first-order valence-corrected chi connectivity index (χ1v) is 29.3. The molecule has 0 radical (unpaired) electrons. The number of hydrogen-bond acceptors (Lipinski definition) is 4. The van der Waals surface area contributed by atoms with E-state index in [1.54, 1.807) is 21.9 Å². The molecule has 1 aromatic carbocycles. The summed E-state index contributed by atoms with van der Waals surface area (Å²) in [7, 11) is -1.40. The maximum absolute atomic E-state index is 7.13. The van der Waals surface area contributed by atoms with Gasteiger partial charge in [0.25, 0.3) is 0 Å². The van der Waals surface area contributed by atoms with Crippen molar-refractivity contribution in [1.82, 2.24) is 4.90 Å². The fourth-order valence-electron chi connectivity index (χ4n) is 14.8. The third kappa shape index (κ3) is 7.03. The van der Waals surface area contributed by atoms with E-state index in [1.807, 2.05) is 0 Å². The Hall–Kier alpha value is -3.96. The lowest BCUT2D eigenvalue weighted by atomic mass is 9.55. The van der Waals surface area contributed by atoms with Crippen molar-refractivity contribution in [1.29, 1.82) is 0 Å². The van der Waals surface area contributed by atoms with Gasteiger partial charge in [-0.1, -0.05) is 103 Å². The molecule has 9 aliphatic carbocycles. The Morgan fingerprint density at radius 1 is 0.762 bits per heavy atom. The molecule has 63 heavy (non-hydrogen) atoms. The van der Waals surface area contributed by atoms with Crippen molar-refractivity contribution in [2.75, 3.05) is 4.90 Å². The van der Waals surface area contributed by atoms with Gasteiger partial charge in [0.1, 0.15) is 17.6 Å². The van der Waals surface area contributed by atoms with Gasteiger partial charge in [-0.25, -0.2) is 0 Å². The Balaban J connectivity index is 0.955. The molecule has 0 amide bonds. The maximum atomic E-state index is 7.13. The van der Waals surface area contributed by atoms with Crippen LogP contribution in [0.5, 0.6) is 0 Å². The Labute approximate surface area is 379 Å². The Morgan fingerprint density at radius 2 is 1.63 bits per heavy atom. The molecule has 0 spiro atoms. The average molecular weight is 857 g/mol. The first-order valence-electron chi connectivity index (χ1n) is 25.8. The maximum Gasteiger partial charge on any atom is 0.153 e. The van der Waals surface area contributed by atoms with E-state index in [9.17, 15) is 0 Å². The molecule has 0 bridgehead atoms. The zero-order valence-corrected chi connectivity index (χ0v) is 39.8. The minimum atomic E-state index is -1.40. The largest absolute Gasteiger partial charge is 0.491 e. The van der Waals surface area contributed by atoms with Gasteiger partial charge in [0, 0.05) is 47.0 Å². The van der Waals surface area contributed by atoms with Crippen LogP contribution < -0.4 is 15.5 Å². The topological polar surface area (TPSA) is 28.9 Å². The highest BCUT2D eigenvalue weighted by Crippen LogP contribution is 2.58. The molecule has 12 rings (SSSR count). The molecule has 9 atom stereocenters. The highest BCUT2D eigenvalue weighted by atomic mass is 28.3. The molecular formula is C58H72N2O2Si. The molecule has 3 saturated carbocycles. The van der Waals surface area contributed by atoms with Crippen molar-refractivity contribution in [2.24, 2.45) is 29.6 Å². The molecule has 0 N–H and O–H groups in total. The van der Waals surface area contributed by atoms with Crippen LogP contribution in [0, 0.1) is 36.5 Å². The quantitative estimate of drug-likeness (QED) is 0.205. The van der Waals surface area contributed by atoms with Gasteiger partial charge in [0.15, 0.2) is 5.42 Å². The van der Waals surface area contributed by atoms with Crippen molar-refractivity contribution in [2.45, 2.75) is 173 Å². The number of allylic oxidation sites excluding steroid dienone is 9. The van der Waals surface area contributed by atoms with Crippen molar-refractivity contribution < 1.29 is 9.15 Å². The van der Waals surface area contributed by atoms with Gasteiger partial charge in [-0.3, -0.25) is 0 Å². The van der Waals surface area contributed by atoms with Gasteiger partial charge in [0.05, 0.1) is 25.9 Å². The summed E-state index contributed by atoms with van der Waals surface area (Å²) in [5.74, 6) is 5.81. The fourth-order valence-corrected chi connectivity index (χ4v) is 16.2. The summed E-state index contributed by atoms with van der Waals surface area (Å²) in [6.45, 7) is 9.78. The first-order chi connectivity index (χ1) is 30.8. The second-order valence-electron chi connectivity index (χ2n) is 22.4. The number of furan rings is 1. The summed E-state index contributed by atoms with van der Waals surface area (Å²) >= 11 is 0. The lowest BCUT2D eigenvalue weighted by Gasteiger charge is -2.55. The predicted molar refractivity (Wildman–Crippen MR) is 262 cm³/mol. The third-order valence-electron chi connectivity index (χ3n) is 17.8. The zero-order valence-electron chi connectivity index (χ0n) is 38.8. The molecule has 0 saturated heterocycles. The number of nitrogens with zero attached hydrogens (tertiary/aromatic N) is 2. The van der Waals surface area contributed by atoms with E-state index >= 15 is 0 Å². The third-order valence-corrected chi connectivity index (χ3v) is 19.9. The second kappa shape index (κ2) is 16.2. The van der Waals surface area contributed by atoms with Crippen LogP contribution in [0.3, 0.4) is 0 Å². The monoisotopic (exact) mass is 857 g/mol. The van der Waals surface area contributed by atoms with E-state index in [1.165, 1.54) is 127 Å². The van der Waals surface area contributed by atoms with Gasteiger partial charge in [-0.05, 0) is 163 Å². The standard InChI is InChI=1S/C58H72N2O2Si/c1-37-23-27-41(28-24-37)60(52-20-12-18-48-46-16-8-10-22-55(46)62-58(48)52)53-35-39-13-5-6-14-44(39)56-49(53)34-26-38-25-29-42(36-50(38)56)59(40-30-32-43(33-31-40)63(2,3)4)51-19-11-17-47-45-15-7-9-21-54(45)61-57(47)51/h8,12,16-17,20,23-24,27-28,30,32-33,35,38,40,42,44,48,50,52,56,58H,5-7,9-11,13-15,18-19,21-22,25-26,29,31,34,36H2,1-4H3. The molecule has 1 aromatic heterocycles. The van der Waals surface area contributed by atoms with Gasteiger partial charge >= 0.3 is 0 Å². The molecule has 5 heteroatoms. The zero-order chi connectivity index (χ0) is 42.4. The molecule has 3 fully saturated rings. The van der Waals surface area contributed by atoms with Crippen molar-refractivity contribution in [3.63, 3.8) is 0 Å². The molecule has 4 nitrogen and oxygen atoms in total. The van der Waals surface area contributed by atoms with Crippen molar-refractivity contribution in [3.05, 3.63) is 134 Å². The predicted octanol–water partition coefficient (Wildman–Crippen LogP) is 12.6. The minimum absolute atomic E-state index is 0.142. The van der Waals surface area contributed by atoms with E-state index in [4.69, 9.17) is 9.15 Å². The van der Waals surface area contributed by atoms with E-state index in [0.717, 1.165) is 50.9 Å². The summed E-state index contributed by atoms with van der Waals surface area (Å²) in [5, 5.41) is 3.09. The molecule has 2 aromatic rings. The molecule has 330 valence electrons. The highest BCUT2D eigenvalue weighted by molar-refractivity contribution is 6.83. The van der Waals surface area contributed by atoms with E-state index in [-0.39, 0.29) is 12.1 Å². The highest BCUT2D eigenvalue weighted by Gasteiger charge is 2.51. The van der Waals surface area contributed by atoms with Gasteiger partial charge in [-0.15, -0.1) is 0 Å². The van der Waals surface area contributed by atoms with Crippen molar-refractivity contribution in [3.8, 4) is 0 Å². The Kier molecular flexibility index (Phi) is 10.4. The molecule has 1 aliphatic heterocycles. The van der Waals surface area contributed by atoms with E-state index in [0.29, 0.717) is 35.8 Å². The lowest BCUT2D eigenvalue weighted by molar-refractivity contribution is 0.0509. The number of aryl methyl sites for hydroxylation is 2. The molecule has 2 heterocycles.